The molecule has 0 aromatic heterocycles. The molecule has 0 aliphatic carbocycles. The molecular weight excluding hydrogens is 258 g/mol. The molecule has 19 heavy (non-hydrogen) atoms. The Morgan fingerprint density at radius 1 is 1.16 bits per heavy atom. The Labute approximate surface area is 117 Å². The lowest BCUT2D eigenvalue weighted by Gasteiger charge is -2.03. The summed E-state index contributed by atoms with van der Waals surface area (Å²) in [5, 5.41) is 3.43. The first kappa shape index (κ1) is 13.4. The second-order valence-electron chi connectivity index (χ2n) is 4.21. The van der Waals surface area contributed by atoms with Gasteiger partial charge in [-0.15, -0.1) is 0 Å². The van der Waals surface area contributed by atoms with E-state index in [4.69, 9.17) is 11.6 Å². The number of aryl methyl sites for hydroxylation is 1. The number of hydrogen-bond donors (Lipinski definition) is 1. The first-order valence-corrected chi connectivity index (χ1v) is 6.33. The van der Waals surface area contributed by atoms with Crippen LogP contribution in [0.2, 0.25) is 5.02 Å². The van der Waals surface area contributed by atoms with E-state index in [1.54, 1.807) is 12.1 Å². The third-order valence-corrected chi connectivity index (χ3v) is 2.95. The number of benzene rings is 2. The van der Waals surface area contributed by atoms with Gasteiger partial charge in [0.2, 0.25) is 5.91 Å². The van der Waals surface area contributed by atoms with Crippen LogP contribution in [0.1, 0.15) is 11.1 Å². The summed E-state index contributed by atoms with van der Waals surface area (Å²) in [6, 6.07) is 15.0. The van der Waals surface area contributed by atoms with Crippen molar-refractivity contribution in [2.24, 2.45) is 0 Å². The summed E-state index contributed by atoms with van der Waals surface area (Å²) in [6.07, 6.45) is 3.18. The van der Waals surface area contributed by atoms with Crippen molar-refractivity contribution in [3.8, 4) is 0 Å². The van der Waals surface area contributed by atoms with Crippen LogP contribution in [0.15, 0.2) is 54.6 Å². The van der Waals surface area contributed by atoms with E-state index >= 15 is 0 Å². The van der Waals surface area contributed by atoms with Gasteiger partial charge in [0, 0.05) is 16.8 Å². The Hall–Kier alpha value is -2.06. The maximum absolute atomic E-state index is 11.8. The minimum atomic E-state index is -0.175. The standard InChI is InChI=1S/C16H14ClNO/c1-12-5-4-7-14(11-12)18-16(19)10-9-13-6-2-3-8-15(13)17/h2-11H,1H3,(H,18,19). The van der Waals surface area contributed by atoms with Crippen LogP contribution in [0.4, 0.5) is 5.69 Å². The Morgan fingerprint density at radius 3 is 2.68 bits per heavy atom. The monoisotopic (exact) mass is 271 g/mol. The molecule has 0 heterocycles. The van der Waals surface area contributed by atoms with Gasteiger partial charge in [-0.05, 0) is 42.3 Å². The zero-order valence-corrected chi connectivity index (χ0v) is 11.3. The van der Waals surface area contributed by atoms with Gasteiger partial charge in [0.15, 0.2) is 0 Å². The molecule has 2 nitrogen and oxygen atoms in total. The van der Waals surface area contributed by atoms with Crippen LogP contribution in [0.5, 0.6) is 0 Å². The fourth-order valence-electron chi connectivity index (χ4n) is 1.68. The summed E-state index contributed by atoms with van der Waals surface area (Å²) in [5.74, 6) is -0.175. The highest BCUT2D eigenvalue weighted by Crippen LogP contribution is 2.16. The van der Waals surface area contributed by atoms with Crippen LogP contribution in [0.3, 0.4) is 0 Å². The Bertz CT molecular complexity index is 620. The van der Waals surface area contributed by atoms with E-state index in [1.807, 2.05) is 49.4 Å². The second kappa shape index (κ2) is 6.21. The van der Waals surface area contributed by atoms with Crippen molar-refractivity contribution in [2.75, 3.05) is 5.32 Å². The van der Waals surface area contributed by atoms with E-state index < -0.39 is 0 Å². The molecule has 96 valence electrons. The minimum Gasteiger partial charge on any atom is -0.323 e. The van der Waals surface area contributed by atoms with Crippen LogP contribution in [0, 0.1) is 6.92 Å². The average Bonchev–Trinajstić information content (AvgIpc) is 2.38. The normalized spacial score (nSPS) is 10.6. The summed E-state index contributed by atoms with van der Waals surface area (Å²) < 4.78 is 0. The number of amides is 1. The lowest BCUT2D eigenvalue weighted by Crippen LogP contribution is -2.07. The molecule has 0 radical (unpaired) electrons. The molecule has 1 amide bonds. The molecule has 0 bridgehead atoms. The van der Waals surface area contributed by atoms with Gasteiger partial charge in [-0.25, -0.2) is 0 Å². The van der Waals surface area contributed by atoms with Crippen LogP contribution >= 0.6 is 11.6 Å². The zero-order valence-electron chi connectivity index (χ0n) is 10.6. The quantitative estimate of drug-likeness (QED) is 0.829. The van der Waals surface area contributed by atoms with Gasteiger partial charge in [-0.2, -0.15) is 0 Å². The van der Waals surface area contributed by atoms with Crippen molar-refractivity contribution in [1.29, 1.82) is 0 Å². The molecule has 0 fully saturated rings. The van der Waals surface area contributed by atoms with Crippen LogP contribution in [-0.4, -0.2) is 5.91 Å². The average molecular weight is 272 g/mol. The van der Waals surface area contributed by atoms with Gasteiger partial charge in [-0.3, -0.25) is 4.79 Å². The molecule has 3 heteroatoms. The molecule has 1 N–H and O–H groups in total. The molecule has 2 rings (SSSR count). The highest BCUT2D eigenvalue weighted by Gasteiger charge is 1.99. The number of carbonyl (C=O) groups is 1. The van der Waals surface area contributed by atoms with Gasteiger partial charge in [0.1, 0.15) is 0 Å². The zero-order chi connectivity index (χ0) is 13.7. The lowest BCUT2D eigenvalue weighted by atomic mass is 10.2. The molecule has 0 atom stereocenters. The number of hydrogen-bond acceptors (Lipinski definition) is 1. The number of carbonyl (C=O) groups excluding carboxylic acids is 1. The third kappa shape index (κ3) is 3.97. The molecule has 2 aromatic carbocycles. The summed E-state index contributed by atoms with van der Waals surface area (Å²) >= 11 is 6.01. The molecule has 2 aromatic rings. The summed E-state index contributed by atoms with van der Waals surface area (Å²) in [4.78, 5) is 11.8. The highest BCUT2D eigenvalue weighted by atomic mass is 35.5. The van der Waals surface area contributed by atoms with Gasteiger partial charge in [0.05, 0.1) is 0 Å². The van der Waals surface area contributed by atoms with Crippen molar-refractivity contribution in [1.82, 2.24) is 0 Å². The lowest BCUT2D eigenvalue weighted by molar-refractivity contribution is -0.111. The number of nitrogens with one attached hydrogen (secondary N) is 1. The van der Waals surface area contributed by atoms with Gasteiger partial charge in [-0.1, -0.05) is 41.9 Å². The molecular formula is C16H14ClNO. The highest BCUT2D eigenvalue weighted by molar-refractivity contribution is 6.32. The van der Waals surface area contributed by atoms with E-state index in [2.05, 4.69) is 5.32 Å². The molecule has 0 unspecified atom stereocenters. The van der Waals surface area contributed by atoms with Gasteiger partial charge in [0.25, 0.3) is 0 Å². The maximum atomic E-state index is 11.8. The molecule has 0 aliphatic rings. The smallest absolute Gasteiger partial charge is 0.248 e. The fraction of sp³-hybridized carbons (Fsp3) is 0.0625. The predicted molar refractivity (Wildman–Crippen MR) is 80.3 cm³/mol. The van der Waals surface area contributed by atoms with Crippen LogP contribution in [0.25, 0.3) is 6.08 Å². The Morgan fingerprint density at radius 2 is 1.95 bits per heavy atom. The SMILES string of the molecule is Cc1cccc(NC(=O)C=Cc2ccccc2Cl)c1. The van der Waals surface area contributed by atoms with E-state index in [-0.39, 0.29) is 5.91 Å². The van der Waals surface area contributed by atoms with Crippen LogP contribution in [-0.2, 0) is 4.79 Å². The first-order chi connectivity index (χ1) is 9.15. The fourth-order valence-corrected chi connectivity index (χ4v) is 1.88. The Balaban J connectivity index is 2.04. The molecule has 0 saturated heterocycles. The second-order valence-corrected chi connectivity index (χ2v) is 4.62. The van der Waals surface area contributed by atoms with E-state index in [9.17, 15) is 4.79 Å². The number of rotatable bonds is 3. The van der Waals surface area contributed by atoms with E-state index in [0.29, 0.717) is 5.02 Å². The molecule has 0 saturated carbocycles. The van der Waals surface area contributed by atoms with Crippen molar-refractivity contribution in [3.63, 3.8) is 0 Å². The number of anilines is 1. The van der Waals surface area contributed by atoms with E-state index in [1.165, 1.54) is 6.08 Å². The predicted octanol–water partition coefficient (Wildman–Crippen LogP) is 4.30. The molecule has 0 spiro atoms. The van der Waals surface area contributed by atoms with Crippen molar-refractivity contribution < 1.29 is 4.79 Å². The summed E-state index contributed by atoms with van der Waals surface area (Å²) in [6.45, 7) is 1.98. The van der Waals surface area contributed by atoms with Crippen molar-refractivity contribution in [3.05, 3.63) is 70.8 Å². The Kier molecular flexibility index (Phi) is 4.37. The van der Waals surface area contributed by atoms with Crippen molar-refractivity contribution >= 4 is 29.3 Å². The van der Waals surface area contributed by atoms with E-state index in [0.717, 1.165) is 16.8 Å². The topological polar surface area (TPSA) is 29.1 Å². The number of halogens is 1. The minimum absolute atomic E-state index is 0.175. The largest absolute Gasteiger partial charge is 0.323 e. The summed E-state index contributed by atoms with van der Waals surface area (Å²) in [5.41, 5.74) is 2.71. The van der Waals surface area contributed by atoms with Gasteiger partial charge >= 0.3 is 0 Å². The van der Waals surface area contributed by atoms with Gasteiger partial charge < -0.3 is 5.32 Å². The molecule has 0 aliphatic heterocycles. The maximum Gasteiger partial charge on any atom is 0.248 e. The van der Waals surface area contributed by atoms with Crippen molar-refractivity contribution in [2.45, 2.75) is 6.92 Å². The first-order valence-electron chi connectivity index (χ1n) is 5.95. The summed E-state index contributed by atoms with van der Waals surface area (Å²) in [7, 11) is 0. The third-order valence-electron chi connectivity index (χ3n) is 2.61. The van der Waals surface area contributed by atoms with Crippen LogP contribution < -0.4 is 5.32 Å².